The Morgan fingerprint density at radius 3 is 2.36 bits per heavy atom. The average Bonchev–Trinajstić information content (AvgIpc) is 2.55. The smallest absolute Gasteiger partial charge is 0.218 e. The quantitative estimate of drug-likeness (QED) is 0.848. The Balaban J connectivity index is 2.15. The third-order valence-corrected chi connectivity index (χ3v) is 3.21. The largest absolute Gasteiger partial charge is 0.497 e. The second-order valence-corrected chi connectivity index (χ2v) is 4.78. The first kappa shape index (κ1) is 16.0. The number of hydrogen-bond acceptors (Lipinski definition) is 6. The van der Waals surface area contributed by atoms with Crippen LogP contribution in [0.3, 0.4) is 0 Å². The SMILES string of the molecule is COCc1nc(NC(C)c2ccc(OC)cc2)cc(OC)n1. The summed E-state index contributed by atoms with van der Waals surface area (Å²) in [6, 6.07) is 9.75. The first-order valence-electron chi connectivity index (χ1n) is 6.97. The average molecular weight is 303 g/mol. The van der Waals surface area contributed by atoms with Gasteiger partial charge >= 0.3 is 0 Å². The van der Waals surface area contributed by atoms with Gasteiger partial charge in [-0.15, -0.1) is 0 Å². The molecule has 0 spiro atoms. The molecule has 1 heterocycles. The maximum atomic E-state index is 5.20. The lowest BCUT2D eigenvalue weighted by molar-refractivity contribution is 0.177. The number of anilines is 1. The molecule has 0 amide bonds. The van der Waals surface area contributed by atoms with Crippen molar-refractivity contribution in [1.29, 1.82) is 0 Å². The molecule has 0 aliphatic heterocycles. The summed E-state index contributed by atoms with van der Waals surface area (Å²) >= 11 is 0. The van der Waals surface area contributed by atoms with Crippen molar-refractivity contribution in [3.8, 4) is 11.6 Å². The van der Waals surface area contributed by atoms with Gasteiger partial charge in [0.25, 0.3) is 0 Å². The van der Waals surface area contributed by atoms with E-state index in [1.165, 1.54) is 0 Å². The Kier molecular flexibility index (Phi) is 5.55. The molecule has 2 rings (SSSR count). The van der Waals surface area contributed by atoms with Gasteiger partial charge in [-0.05, 0) is 24.6 Å². The minimum Gasteiger partial charge on any atom is -0.497 e. The van der Waals surface area contributed by atoms with Crippen LogP contribution in [0, 0.1) is 0 Å². The zero-order valence-electron chi connectivity index (χ0n) is 13.3. The number of hydrogen-bond donors (Lipinski definition) is 1. The highest BCUT2D eigenvalue weighted by Gasteiger charge is 2.10. The fraction of sp³-hybridized carbons (Fsp3) is 0.375. The summed E-state index contributed by atoms with van der Waals surface area (Å²) < 4.78 is 15.4. The van der Waals surface area contributed by atoms with E-state index in [0.717, 1.165) is 11.3 Å². The standard InChI is InChI=1S/C16H21N3O3/c1-11(12-5-7-13(21-3)8-6-12)17-14-9-16(22-4)19-15(18-14)10-20-2/h5-9,11H,10H2,1-4H3,(H,17,18,19). The van der Waals surface area contributed by atoms with Crippen LogP contribution in [-0.4, -0.2) is 31.3 Å². The summed E-state index contributed by atoms with van der Waals surface area (Å²) in [7, 11) is 4.84. The molecule has 2 aromatic rings. The van der Waals surface area contributed by atoms with Gasteiger partial charge in [-0.1, -0.05) is 12.1 Å². The monoisotopic (exact) mass is 303 g/mol. The number of nitrogens with one attached hydrogen (secondary N) is 1. The molecular weight excluding hydrogens is 282 g/mol. The van der Waals surface area contributed by atoms with Crippen molar-refractivity contribution in [2.75, 3.05) is 26.6 Å². The number of methoxy groups -OCH3 is 3. The van der Waals surface area contributed by atoms with E-state index >= 15 is 0 Å². The molecule has 118 valence electrons. The summed E-state index contributed by atoms with van der Waals surface area (Å²) in [6.45, 7) is 2.40. The van der Waals surface area contributed by atoms with Crippen LogP contribution in [0.25, 0.3) is 0 Å². The van der Waals surface area contributed by atoms with Crippen LogP contribution >= 0.6 is 0 Å². The number of rotatable bonds is 7. The van der Waals surface area contributed by atoms with E-state index in [4.69, 9.17) is 14.2 Å². The Morgan fingerprint density at radius 1 is 1.05 bits per heavy atom. The van der Waals surface area contributed by atoms with E-state index in [9.17, 15) is 0 Å². The van der Waals surface area contributed by atoms with Gasteiger partial charge in [0.1, 0.15) is 18.2 Å². The number of aromatic nitrogens is 2. The molecule has 22 heavy (non-hydrogen) atoms. The first-order chi connectivity index (χ1) is 10.7. The van der Waals surface area contributed by atoms with Crippen LogP contribution < -0.4 is 14.8 Å². The molecule has 0 aliphatic carbocycles. The maximum Gasteiger partial charge on any atom is 0.218 e. The molecule has 1 N–H and O–H groups in total. The van der Waals surface area contributed by atoms with Crippen molar-refractivity contribution < 1.29 is 14.2 Å². The molecule has 0 bridgehead atoms. The van der Waals surface area contributed by atoms with Crippen molar-refractivity contribution in [3.05, 3.63) is 41.7 Å². The second-order valence-electron chi connectivity index (χ2n) is 4.78. The van der Waals surface area contributed by atoms with Gasteiger partial charge in [0.15, 0.2) is 5.82 Å². The maximum absolute atomic E-state index is 5.20. The number of ether oxygens (including phenoxy) is 3. The van der Waals surface area contributed by atoms with Crippen LogP contribution in [0.5, 0.6) is 11.6 Å². The highest BCUT2D eigenvalue weighted by molar-refractivity contribution is 5.42. The molecule has 1 aromatic heterocycles. The van der Waals surface area contributed by atoms with Crippen molar-refractivity contribution in [2.24, 2.45) is 0 Å². The van der Waals surface area contributed by atoms with E-state index in [2.05, 4.69) is 22.2 Å². The van der Waals surface area contributed by atoms with Gasteiger partial charge in [-0.2, -0.15) is 4.98 Å². The van der Waals surface area contributed by atoms with Gasteiger partial charge in [0.2, 0.25) is 5.88 Å². The molecule has 0 radical (unpaired) electrons. The number of benzene rings is 1. The predicted octanol–water partition coefficient (Wildman–Crippen LogP) is 2.81. The highest BCUT2D eigenvalue weighted by Crippen LogP contribution is 2.22. The van der Waals surface area contributed by atoms with Gasteiger partial charge in [-0.25, -0.2) is 4.98 Å². The Labute approximate surface area is 130 Å². The molecule has 6 heteroatoms. The minimum atomic E-state index is 0.0842. The summed E-state index contributed by atoms with van der Waals surface area (Å²) in [5.74, 6) is 2.61. The fourth-order valence-corrected chi connectivity index (χ4v) is 2.04. The van der Waals surface area contributed by atoms with Gasteiger partial charge in [-0.3, -0.25) is 0 Å². The molecule has 0 saturated heterocycles. The minimum absolute atomic E-state index is 0.0842. The van der Waals surface area contributed by atoms with E-state index in [1.54, 1.807) is 27.4 Å². The molecule has 6 nitrogen and oxygen atoms in total. The van der Waals surface area contributed by atoms with Crippen LogP contribution in [0.2, 0.25) is 0 Å². The molecule has 1 unspecified atom stereocenters. The predicted molar refractivity (Wildman–Crippen MR) is 84.3 cm³/mol. The normalized spacial score (nSPS) is 11.8. The van der Waals surface area contributed by atoms with Gasteiger partial charge in [0, 0.05) is 19.2 Å². The Morgan fingerprint density at radius 2 is 1.77 bits per heavy atom. The van der Waals surface area contributed by atoms with Crippen LogP contribution in [-0.2, 0) is 11.3 Å². The third kappa shape index (κ3) is 4.08. The molecule has 0 fully saturated rings. The molecular formula is C16H21N3O3. The first-order valence-corrected chi connectivity index (χ1v) is 6.97. The Bertz CT molecular complexity index is 602. The zero-order valence-corrected chi connectivity index (χ0v) is 13.3. The summed E-state index contributed by atoms with van der Waals surface area (Å²) in [5, 5.41) is 3.34. The lowest BCUT2D eigenvalue weighted by Gasteiger charge is -2.16. The third-order valence-electron chi connectivity index (χ3n) is 3.21. The van der Waals surface area contributed by atoms with Crippen molar-refractivity contribution in [1.82, 2.24) is 9.97 Å². The lowest BCUT2D eigenvalue weighted by Crippen LogP contribution is -2.10. The second kappa shape index (κ2) is 7.61. The summed E-state index contributed by atoms with van der Waals surface area (Å²) in [4.78, 5) is 8.65. The van der Waals surface area contributed by atoms with E-state index in [1.807, 2.05) is 24.3 Å². The van der Waals surface area contributed by atoms with Crippen LogP contribution in [0.15, 0.2) is 30.3 Å². The van der Waals surface area contributed by atoms with E-state index < -0.39 is 0 Å². The summed E-state index contributed by atoms with van der Waals surface area (Å²) in [5.41, 5.74) is 1.13. The van der Waals surface area contributed by atoms with Crippen molar-refractivity contribution in [3.63, 3.8) is 0 Å². The summed E-state index contributed by atoms with van der Waals surface area (Å²) in [6.07, 6.45) is 0. The van der Waals surface area contributed by atoms with Crippen LogP contribution in [0.4, 0.5) is 5.82 Å². The zero-order chi connectivity index (χ0) is 15.9. The van der Waals surface area contributed by atoms with Crippen molar-refractivity contribution >= 4 is 5.82 Å². The van der Waals surface area contributed by atoms with Gasteiger partial charge < -0.3 is 19.5 Å². The molecule has 0 saturated carbocycles. The van der Waals surface area contributed by atoms with E-state index in [-0.39, 0.29) is 6.04 Å². The molecule has 1 aromatic carbocycles. The highest BCUT2D eigenvalue weighted by atomic mass is 16.5. The molecule has 1 atom stereocenters. The van der Waals surface area contributed by atoms with Crippen molar-refractivity contribution in [2.45, 2.75) is 19.6 Å². The topological polar surface area (TPSA) is 65.5 Å². The van der Waals surface area contributed by atoms with Gasteiger partial charge in [0.05, 0.1) is 14.2 Å². The van der Waals surface area contributed by atoms with Crippen LogP contribution in [0.1, 0.15) is 24.4 Å². The lowest BCUT2D eigenvalue weighted by atomic mass is 10.1. The van der Waals surface area contributed by atoms with E-state index in [0.29, 0.717) is 24.1 Å². The Hall–Kier alpha value is -2.34. The molecule has 0 aliphatic rings. The fourth-order valence-electron chi connectivity index (χ4n) is 2.04. The number of nitrogens with zero attached hydrogens (tertiary/aromatic N) is 2.